The maximum atomic E-state index is 13.0. The summed E-state index contributed by atoms with van der Waals surface area (Å²) >= 11 is 6.20. The van der Waals surface area contributed by atoms with Crippen LogP contribution < -0.4 is 5.32 Å². The number of hydrogen-bond donors (Lipinski definition) is 1. The molecule has 2 aromatic carbocycles. The Labute approximate surface area is 158 Å². The van der Waals surface area contributed by atoms with Crippen LogP contribution in [0.3, 0.4) is 0 Å². The summed E-state index contributed by atoms with van der Waals surface area (Å²) in [6, 6.07) is 21.6. The van der Waals surface area contributed by atoms with E-state index < -0.39 is 0 Å². The molecule has 26 heavy (non-hydrogen) atoms. The van der Waals surface area contributed by atoms with Gasteiger partial charge in [-0.15, -0.1) is 0 Å². The van der Waals surface area contributed by atoms with Gasteiger partial charge in [-0.05, 0) is 36.2 Å². The van der Waals surface area contributed by atoms with Crippen molar-refractivity contribution in [1.29, 1.82) is 0 Å². The molecule has 4 rings (SSSR count). The third kappa shape index (κ3) is 3.33. The SMILES string of the molecule is O=C(Nc1ccccc1Cl)N1CCn2cccc2[C@H]1Cc1ccccc1. The van der Waals surface area contributed by atoms with Gasteiger partial charge < -0.3 is 14.8 Å². The molecule has 0 bridgehead atoms. The Hall–Kier alpha value is -2.72. The third-order valence-corrected chi connectivity index (χ3v) is 5.14. The first-order valence-electron chi connectivity index (χ1n) is 8.73. The van der Waals surface area contributed by atoms with E-state index in [9.17, 15) is 4.79 Å². The number of carbonyl (C=O) groups is 1. The van der Waals surface area contributed by atoms with Gasteiger partial charge in [0.2, 0.25) is 0 Å². The summed E-state index contributed by atoms with van der Waals surface area (Å²) in [7, 11) is 0. The van der Waals surface area contributed by atoms with Gasteiger partial charge in [-0.25, -0.2) is 4.79 Å². The number of anilines is 1. The minimum atomic E-state index is -0.119. The highest BCUT2D eigenvalue weighted by Gasteiger charge is 2.31. The van der Waals surface area contributed by atoms with E-state index >= 15 is 0 Å². The summed E-state index contributed by atoms with van der Waals surface area (Å²) in [5.41, 5.74) is 3.01. The zero-order chi connectivity index (χ0) is 17.9. The van der Waals surface area contributed by atoms with Crippen LogP contribution in [0.2, 0.25) is 5.02 Å². The summed E-state index contributed by atoms with van der Waals surface area (Å²) in [5.74, 6) is 0. The number of carbonyl (C=O) groups excluding carboxylic acids is 1. The Bertz CT molecular complexity index is 906. The summed E-state index contributed by atoms with van der Waals surface area (Å²) in [6.45, 7) is 1.46. The van der Waals surface area contributed by atoms with Gasteiger partial charge in [0.05, 0.1) is 16.8 Å². The van der Waals surface area contributed by atoms with E-state index in [1.54, 1.807) is 6.07 Å². The molecule has 2 heterocycles. The molecular weight excluding hydrogens is 346 g/mol. The zero-order valence-corrected chi connectivity index (χ0v) is 15.1. The van der Waals surface area contributed by atoms with Crippen molar-refractivity contribution >= 4 is 23.3 Å². The second-order valence-corrected chi connectivity index (χ2v) is 6.84. The number of rotatable bonds is 3. The molecule has 0 saturated heterocycles. The number of nitrogens with zero attached hydrogens (tertiary/aromatic N) is 2. The Morgan fingerprint density at radius 2 is 1.77 bits per heavy atom. The Morgan fingerprint density at radius 3 is 2.58 bits per heavy atom. The van der Waals surface area contributed by atoms with E-state index in [-0.39, 0.29) is 12.1 Å². The molecule has 3 aromatic rings. The van der Waals surface area contributed by atoms with Gasteiger partial charge >= 0.3 is 6.03 Å². The number of fused-ring (bicyclic) bond motifs is 1. The second kappa shape index (κ2) is 7.26. The van der Waals surface area contributed by atoms with Crippen LogP contribution in [0.25, 0.3) is 0 Å². The van der Waals surface area contributed by atoms with E-state index in [4.69, 9.17) is 11.6 Å². The molecule has 0 fully saturated rings. The van der Waals surface area contributed by atoms with Gasteiger partial charge in [-0.1, -0.05) is 54.1 Å². The number of halogens is 1. The average Bonchev–Trinajstić information content (AvgIpc) is 3.14. The molecule has 4 nitrogen and oxygen atoms in total. The van der Waals surface area contributed by atoms with Crippen molar-refractivity contribution in [3.8, 4) is 0 Å². The maximum absolute atomic E-state index is 13.0. The summed E-state index contributed by atoms with van der Waals surface area (Å²) < 4.78 is 2.23. The summed E-state index contributed by atoms with van der Waals surface area (Å²) in [5, 5.41) is 3.51. The number of nitrogens with one attached hydrogen (secondary N) is 1. The molecular formula is C21H20ClN3O. The number of urea groups is 1. The zero-order valence-electron chi connectivity index (χ0n) is 14.3. The quantitative estimate of drug-likeness (QED) is 0.698. The highest BCUT2D eigenvalue weighted by atomic mass is 35.5. The predicted octanol–water partition coefficient (Wildman–Crippen LogP) is 4.97. The first-order chi connectivity index (χ1) is 12.7. The van der Waals surface area contributed by atoms with Gasteiger partial charge in [0, 0.05) is 25.0 Å². The smallest absolute Gasteiger partial charge is 0.322 e. The lowest BCUT2D eigenvalue weighted by atomic mass is 10.0. The molecule has 5 heteroatoms. The average molecular weight is 366 g/mol. The minimum Gasteiger partial charge on any atom is -0.348 e. The van der Waals surface area contributed by atoms with E-state index in [1.807, 2.05) is 47.4 Å². The molecule has 132 valence electrons. The largest absolute Gasteiger partial charge is 0.348 e. The van der Waals surface area contributed by atoms with Crippen LogP contribution in [0, 0.1) is 0 Å². The Balaban J connectivity index is 1.61. The van der Waals surface area contributed by atoms with Gasteiger partial charge in [-0.3, -0.25) is 0 Å². The molecule has 1 N–H and O–H groups in total. The number of hydrogen-bond acceptors (Lipinski definition) is 1. The van der Waals surface area contributed by atoms with Crippen molar-refractivity contribution < 1.29 is 4.79 Å². The van der Waals surface area contributed by atoms with Gasteiger partial charge in [0.25, 0.3) is 0 Å². The van der Waals surface area contributed by atoms with Crippen molar-refractivity contribution in [1.82, 2.24) is 9.47 Å². The number of amides is 2. The molecule has 1 aromatic heterocycles. The van der Waals surface area contributed by atoms with Crippen LogP contribution in [0.4, 0.5) is 10.5 Å². The van der Waals surface area contributed by atoms with Crippen molar-refractivity contribution in [3.05, 3.63) is 89.2 Å². The highest BCUT2D eigenvalue weighted by Crippen LogP contribution is 2.30. The second-order valence-electron chi connectivity index (χ2n) is 6.44. The van der Waals surface area contributed by atoms with Crippen LogP contribution in [0.5, 0.6) is 0 Å². The molecule has 0 aliphatic carbocycles. The summed E-state index contributed by atoms with van der Waals surface area (Å²) in [4.78, 5) is 14.9. The van der Waals surface area contributed by atoms with E-state index in [1.165, 1.54) is 5.56 Å². The topological polar surface area (TPSA) is 37.3 Å². The molecule has 2 amide bonds. The monoisotopic (exact) mass is 365 g/mol. The van der Waals surface area contributed by atoms with Crippen molar-refractivity contribution in [2.24, 2.45) is 0 Å². The number of para-hydroxylation sites is 1. The van der Waals surface area contributed by atoms with E-state index in [0.29, 0.717) is 17.3 Å². The van der Waals surface area contributed by atoms with Crippen LogP contribution in [0.15, 0.2) is 72.9 Å². The standard InChI is InChI=1S/C21H20ClN3O/c22-17-9-4-5-10-18(17)23-21(26)25-14-13-24-12-6-11-19(24)20(25)15-16-7-2-1-3-8-16/h1-12,20H,13-15H2,(H,23,26)/t20-/m1/s1. The molecule has 1 atom stereocenters. The van der Waals surface area contributed by atoms with Crippen LogP contribution in [-0.4, -0.2) is 22.0 Å². The molecule has 0 saturated carbocycles. The third-order valence-electron chi connectivity index (χ3n) is 4.81. The van der Waals surface area contributed by atoms with Crippen LogP contribution in [0.1, 0.15) is 17.3 Å². The van der Waals surface area contributed by atoms with Crippen molar-refractivity contribution in [3.63, 3.8) is 0 Å². The van der Waals surface area contributed by atoms with Crippen molar-refractivity contribution in [2.45, 2.75) is 19.0 Å². The molecule has 0 unspecified atom stereocenters. The fraction of sp³-hybridized carbons (Fsp3) is 0.190. The van der Waals surface area contributed by atoms with Gasteiger partial charge in [-0.2, -0.15) is 0 Å². The summed E-state index contributed by atoms with van der Waals surface area (Å²) in [6.07, 6.45) is 2.86. The molecule has 0 radical (unpaired) electrons. The predicted molar refractivity (Wildman–Crippen MR) is 104 cm³/mol. The highest BCUT2D eigenvalue weighted by molar-refractivity contribution is 6.33. The maximum Gasteiger partial charge on any atom is 0.322 e. The first kappa shape index (κ1) is 16.7. The Morgan fingerprint density at radius 1 is 1.00 bits per heavy atom. The lowest BCUT2D eigenvalue weighted by Crippen LogP contribution is -2.44. The molecule has 1 aliphatic heterocycles. The number of benzene rings is 2. The van der Waals surface area contributed by atoms with Crippen LogP contribution in [-0.2, 0) is 13.0 Å². The van der Waals surface area contributed by atoms with Crippen molar-refractivity contribution in [2.75, 3.05) is 11.9 Å². The molecule has 0 spiro atoms. The van der Waals surface area contributed by atoms with E-state index in [2.05, 4.69) is 34.3 Å². The fourth-order valence-corrected chi connectivity index (χ4v) is 3.69. The lowest BCUT2D eigenvalue weighted by Gasteiger charge is -2.37. The van der Waals surface area contributed by atoms with E-state index in [0.717, 1.165) is 18.7 Å². The normalized spacial score (nSPS) is 16.2. The number of aromatic nitrogens is 1. The minimum absolute atomic E-state index is 0.0105. The fourth-order valence-electron chi connectivity index (χ4n) is 3.51. The first-order valence-corrected chi connectivity index (χ1v) is 9.11. The van der Waals surface area contributed by atoms with Gasteiger partial charge in [0.1, 0.15) is 0 Å². The van der Waals surface area contributed by atoms with Gasteiger partial charge in [0.15, 0.2) is 0 Å². The molecule has 1 aliphatic rings. The lowest BCUT2D eigenvalue weighted by molar-refractivity contribution is 0.167. The van der Waals surface area contributed by atoms with Crippen LogP contribution >= 0.6 is 11.6 Å². The Kier molecular flexibility index (Phi) is 4.67.